The molecule has 5 heteroatoms. The number of hydrogen-bond donors (Lipinski definition) is 0. The molecule has 0 unspecified atom stereocenters. The molecule has 0 spiro atoms. The second-order valence-electron chi connectivity index (χ2n) is 3.68. The Morgan fingerprint density at radius 1 is 1.44 bits per heavy atom. The van der Waals surface area contributed by atoms with Gasteiger partial charge >= 0.3 is 0 Å². The molecule has 0 bridgehead atoms. The second-order valence-corrected chi connectivity index (χ2v) is 4.53. The van der Waals surface area contributed by atoms with Crippen LogP contribution in [0.3, 0.4) is 0 Å². The van der Waals surface area contributed by atoms with Crippen LogP contribution in [0.2, 0.25) is 0 Å². The zero-order valence-corrected chi connectivity index (χ0v) is 9.94. The summed E-state index contributed by atoms with van der Waals surface area (Å²) in [5, 5.41) is 10.7. The summed E-state index contributed by atoms with van der Waals surface area (Å²) in [6.45, 7) is 0.184. The number of aliphatic carboxylic acids is 1. The molecule has 1 aromatic rings. The van der Waals surface area contributed by atoms with Crippen molar-refractivity contribution in [3.63, 3.8) is 0 Å². The molecule has 1 atom stereocenters. The minimum absolute atomic E-state index is 0.0175. The second kappa shape index (κ2) is 4.25. The van der Waals surface area contributed by atoms with Crippen molar-refractivity contribution in [3.05, 3.63) is 28.7 Å². The summed E-state index contributed by atoms with van der Waals surface area (Å²) < 4.78 is 0.780. The fraction of sp³-hybridized carbons (Fsp3) is 0.273. The van der Waals surface area contributed by atoms with Crippen LogP contribution >= 0.6 is 15.9 Å². The summed E-state index contributed by atoms with van der Waals surface area (Å²) in [4.78, 5) is 23.8. The van der Waals surface area contributed by atoms with Gasteiger partial charge in [0, 0.05) is 29.3 Å². The smallest absolute Gasteiger partial charge is 0.227 e. The lowest BCUT2D eigenvalue weighted by Crippen LogP contribution is -2.33. The van der Waals surface area contributed by atoms with E-state index in [1.54, 1.807) is 12.1 Å². The van der Waals surface area contributed by atoms with Crippen LogP contribution in [-0.4, -0.2) is 18.4 Å². The van der Waals surface area contributed by atoms with Crippen LogP contribution in [0.25, 0.3) is 0 Å². The van der Waals surface area contributed by atoms with Gasteiger partial charge in [-0.1, -0.05) is 12.1 Å². The molecule has 84 valence electrons. The molecule has 1 fully saturated rings. The van der Waals surface area contributed by atoms with Crippen LogP contribution < -0.4 is 10.0 Å². The van der Waals surface area contributed by atoms with Gasteiger partial charge in [-0.25, -0.2) is 0 Å². The largest absolute Gasteiger partial charge is 0.550 e. The molecule has 2 rings (SSSR count). The van der Waals surface area contributed by atoms with Crippen LogP contribution in [0.4, 0.5) is 5.69 Å². The maximum Gasteiger partial charge on any atom is 0.227 e. The van der Waals surface area contributed by atoms with Crippen molar-refractivity contribution in [2.45, 2.75) is 6.42 Å². The Morgan fingerprint density at radius 2 is 2.12 bits per heavy atom. The predicted molar refractivity (Wildman–Crippen MR) is 59.6 cm³/mol. The minimum Gasteiger partial charge on any atom is -0.550 e. The topological polar surface area (TPSA) is 60.4 Å². The fourth-order valence-corrected chi connectivity index (χ4v) is 2.27. The molecule has 0 saturated carbocycles. The first-order chi connectivity index (χ1) is 7.59. The van der Waals surface area contributed by atoms with Gasteiger partial charge in [-0.05, 0) is 28.1 Å². The van der Waals surface area contributed by atoms with E-state index in [0.29, 0.717) is 5.69 Å². The lowest BCUT2D eigenvalue weighted by Gasteiger charge is -2.18. The highest BCUT2D eigenvalue weighted by Gasteiger charge is 2.31. The maximum atomic E-state index is 11.7. The number of anilines is 1. The van der Waals surface area contributed by atoms with Gasteiger partial charge in [-0.2, -0.15) is 0 Å². The summed E-state index contributed by atoms with van der Waals surface area (Å²) in [7, 11) is 0. The molecule has 16 heavy (non-hydrogen) atoms. The van der Waals surface area contributed by atoms with Crippen molar-refractivity contribution >= 4 is 33.5 Å². The van der Waals surface area contributed by atoms with Crippen molar-refractivity contribution in [3.8, 4) is 0 Å². The lowest BCUT2D eigenvalue weighted by atomic mass is 10.1. The third kappa shape index (κ3) is 1.95. The third-order valence-electron chi connectivity index (χ3n) is 2.60. The van der Waals surface area contributed by atoms with E-state index in [1.165, 1.54) is 4.90 Å². The van der Waals surface area contributed by atoms with Gasteiger partial charge in [0.25, 0.3) is 0 Å². The van der Waals surface area contributed by atoms with Crippen LogP contribution in [-0.2, 0) is 9.59 Å². The first-order valence-electron chi connectivity index (χ1n) is 4.85. The molecule has 1 saturated heterocycles. The molecular formula is C11H9BrNO3-. The highest BCUT2D eigenvalue weighted by atomic mass is 79.9. The van der Waals surface area contributed by atoms with Gasteiger partial charge in [0.1, 0.15) is 0 Å². The number of carbonyl (C=O) groups excluding carboxylic acids is 2. The van der Waals surface area contributed by atoms with Crippen molar-refractivity contribution in [2.75, 3.05) is 11.4 Å². The number of hydrogen-bond acceptors (Lipinski definition) is 3. The number of benzene rings is 1. The molecule has 0 N–H and O–H groups in total. The van der Waals surface area contributed by atoms with Gasteiger partial charge in [0.15, 0.2) is 0 Å². The summed E-state index contributed by atoms with van der Waals surface area (Å²) >= 11 is 3.33. The summed E-state index contributed by atoms with van der Waals surface area (Å²) in [5.74, 6) is -2.05. The number of halogens is 1. The SMILES string of the molecule is O=C([O-])[C@H]1CC(=O)N(c2ccccc2Br)C1. The molecule has 0 aromatic heterocycles. The summed E-state index contributed by atoms with van der Waals surface area (Å²) in [6.07, 6.45) is 0.0175. The monoisotopic (exact) mass is 282 g/mol. The van der Waals surface area contributed by atoms with Crippen molar-refractivity contribution in [1.29, 1.82) is 0 Å². The van der Waals surface area contributed by atoms with E-state index in [-0.39, 0.29) is 18.9 Å². The molecule has 1 aliphatic heterocycles. The zero-order chi connectivity index (χ0) is 11.7. The van der Waals surface area contributed by atoms with E-state index in [4.69, 9.17) is 0 Å². The van der Waals surface area contributed by atoms with E-state index in [9.17, 15) is 14.7 Å². The molecule has 0 radical (unpaired) electrons. The third-order valence-corrected chi connectivity index (χ3v) is 3.27. The number of para-hydroxylation sites is 1. The summed E-state index contributed by atoms with van der Waals surface area (Å²) in [6, 6.07) is 7.23. The van der Waals surface area contributed by atoms with E-state index in [2.05, 4.69) is 15.9 Å². The average molecular weight is 283 g/mol. The quantitative estimate of drug-likeness (QED) is 0.796. The van der Waals surface area contributed by atoms with E-state index < -0.39 is 11.9 Å². The Hall–Kier alpha value is -1.36. The maximum absolute atomic E-state index is 11.7. The number of nitrogens with zero attached hydrogens (tertiary/aromatic N) is 1. The van der Waals surface area contributed by atoms with Crippen LogP contribution in [0.5, 0.6) is 0 Å². The number of carboxylic acid groups (broad SMARTS) is 1. The first-order valence-corrected chi connectivity index (χ1v) is 5.64. The highest BCUT2D eigenvalue weighted by Crippen LogP contribution is 2.30. The molecular weight excluding hydrogens is 274 g/mol. The molecule has 1 heterocycles. The Morgan fingerprint density at radius 3 is 2.69 bits per heavy atom. The number of rotatable bonds is 2. The van der Waals surface area contributed by atoms with Gasteiger partial charge in [-0.15, -0.1) is 0 Å². The van der Waals surface area contributed by atoms with Crippen molar-refractivity contribution < 1.29 is 14.7 Å². The summed E-state index contributed by atoms with van der Waals surface area (Å²) in [5.41, 5.74) is 0.705. The number of carbonyl (C=O) groups is 2. The molecule has 1 aliphatic rings. The van der Waals surface area contributed by atoms with E-state index in [1.807, 2.05) is 12.1 Å². The van der Waals surface area contributed by atoms with Gasteiger partial charge < -0.3 is 14.8 Å². The lowest BCUT2D eigenvalue weighted by molar-refractivity contribution is -0.310. The van der Waals surface area contributed by atoms with Crippen molar-refractivity contribution in [1.82, 2.24) is 0 Å². The Labute approximate surface area is 101 Å². The minimum atomic E-state index is -1.16. The first kappa shape index (κ1) is 11.1. The Bertz CT molecular complexity index is 447. The van der Waals surface area contributed by atoms with Gasteiger partial charge in [0.2, 0.25) is 5.91 Å². The molecule has 1 aromatic carbocycles. The number of carboxylic acids is 1. The normalized spacial score (nSPS) is 20.2. The number of amides is 1. The average Bonchev–Trinajstić information content (AvgIpc) is 2.61. The van der Waals surface area contributed by atoms with Crippen molar-refractivity contribution in [2.24, 2.45) is 5.92 Å². The Balaban J connectivity index is 2.27. The van der Waals surface area contributed by atoms with Gasteiger partial charge in [-0.3, -0.25) is 4.79 Å². The predicted octanol–water partition coefficient (Wildman–Crippen LogP) is 0.552. The van der Waals surface area contributed by atoms with E-state index in [0.717, 1.165) is 4.47 Å². The fourth-order valence-electron chi connectivity index (χ4n) is 1.77. The van der Waals surface area contributed by atoms with Crippen LogP contribution in [0.15, 0.2) is 28.7 Å². The standard InChI is InChI=1S/C11H10BrNO3/c12-8-3-1-2-4-9(8)13-6-7(11(15)16)5-10(13)14/h1-4,7H,5-6H2,(H,15,16)/p-1/t7-/m0/s1. The molecule has 0 aliphatic carbocycles. The Kier molecular flexibility index (Phi) is 2.96. The zero-order valence-electron chi connectivity index (χ0n) is 8.35. The van der Waals surface area contributed by atoms with E-state index >= 15 is 0 Å². The van der Waals surface area contributed by atoms with Crippen LogP contribution in [0.1, 0.15) is 6.42 Å². The van der Waals surface area contributed by atoms with Crippen LogP contribution in [0, 0.1) is 5.92 Å². The molecule has 4 nitrogen and oxygen atoms in total. The van der Waals surface area contributed by atoms with Gasteiger partial charge in [0.05, 0.1) is 5.69 Å². The molecule has 1 amide bonds. The highest BCUT2D eigenvalue weighted by molar-refractivity contribution is 9.10.